The standard InChI is InChI=1S/C14H15FN2O/c15-13-5-12(6-16-7-13)14(18)17-8-10-3-1-2-4-11(10)9-17/h1-2,5-7,10-11H,3-4,8-9H2/t10-,11-/m1/s1. The highest BCUT2D eigenvalue weighted by atomic mass is 19.1. The lowest BCUT2D eigenvalue weighted by Gasteiger charge is -2.17. The number of allylic oxidation sites excluding steroid dienone is 2. The van der Waals surface area contributed by atoms with E-state index in [9.17, 15) is 9.18 Å². The van der Waals surface area contributed by atoms with Gasteiger partial charge in [0.1, 0.15) is 5.82 Å². The van der Waals surface area contributed by atoms with Gasteiger partial charge in [-0.05, 0) is 30.7 Å². The fraction of sp³-hybridized carbons (Fsp3) is 0.429. The van der Waals surface area contributed by atoms with Crippen LogP contribution in [0.15, 0.2) is 30.6 Å². The molecule has 1 amide bonds. The van der Waals surface area contributed by atoms with E-state index in [4.69, 9.17) is 0 Å². The third-order valence-corrected chi connectivity index (χ3v) is 3.86. The molecule has 0 bridgehead atoms. The Balaban J connectivity index is 1.75. The van der Waals surface area contributed by atoms with Crippen LogP contribution in [0, 0.1) is 17.7 Å². The van der Waals surface area contributed by atoms with Crippen LogP contribution in [0.25, 0.3) is 0 Å². The summed E-state index contributed by atoms with van der Waals surface area (Å²) in [5.74, 6) is 0.580. The molecule has 0 spiro atoms. The number of rotatable bonds is 1. The largest absolute Gasteiger partial charge is 0.338 e. The highest BCUT2D eigenvalue weighted by molar-refractivity contribution is 5.94. The van der Waals surface area contributed by atoms with E-state index in [1.54, 1.807) is 0 Å². The zero-order chi connectivity index (χ0) is 12.5. The molecule has 2 aliphatic rings. The van der Waals surface area contributed by atoms with Crippen molar-refractivity contribution in [3.8, 4) is 0 Å². The molecule has 1 aromatic rings. The number of nitrogens with zero attached hydrogens (tertiary/aromatic N) is 2. The molecule has 0 aromatic carbocycles. The molecule has 1 saturated heterocycles. The Morgan fingerprint density at radius 1 is 1.22 bits per heavy atom. The van der Waals surface area contributed by atoms with Gasteiger partial charge in [0.15, 0.2) is 0 Å². The number of hydrogen-bond acceptors (Lipinski definition) is 2. The van der Waals surface area contributed by atoms with E-state index in [0.717, 1.165) is 32.1 Å². The van der Waals surface area contributed by atoms with Gasteiger partial charge in [-0.25, -0.2) is 4.39 Å². The lowest BCUT2D eigenvalue weighted by molar-refractivity contribution is 0.0783. The number of fused-ring (bicyclic) bond motifs is 1. The second-order valence-electron chi connectivity index (χ2n) is 5.06. The predicted octanol–water partition coefficient (Wildman–Crippen LogP) is 2.26. The molecule has 2 atom stereocenters. The van der Waals surface area contributed by atoms with E-state index < -0.39 is 5.82 Å². The van der Waals surface area contributed by atoms with Crippen LogP contribution >= 0.6 is 0 Å². The minimum atomic E-state index is -0.459. The number of carbonyl (C=O) groups is 1. The average Bonchev–Trinajstić information content (AvgIpc) is 2.81. The molecule has 3 nitrogen and oxygen atoms in total. The molecule has 18 heavy (non-hydrogen) atoms. The van der Waals surface area contributed by atoms with Crippen molar-refractivity contribution in [2.45, 2.75) is 12.8 Å². The van der Waals surface area contributed by atoms with Crippen LogP contribution in [0.5, 0.6) is 0 Å². The van der Waals surface area contributed by atoms with E-state index in [1.807, 2.05) is 4.90 Å². The summed E-state index contributed by atoms with van der Waals surface area (Å²) in [6.07, 6.45) is 9.04. The van der Waals surface area contributed by atoms with Crippen LogP contribution in [0.3, 0.4) is 0 Å². The fourth-order valence-electron chi connectivity index (χ4n) is 2.89. The molecule has 1 aliphatic carbocycles. The van der Waals surface area contributed by atoms with Gasteiger partial charge in [0.2, 0.25) is 0 Å². The molecule has 1 fully saturated rings. The van der Waals surface area contributed by atoms with E-state index >= 15 is 0 Å². The van der Waals surface area contributed by atoms with Gasteiger partial charge in [-0.15, -0.1) is 0 Å². The number of aromatic nitrogens is 1. The molecule has 0 N–H and O–H groups in total. The Bertz CT molecular complexity index is 484. The molecule has 3 rings (SSSR count). The average molecular weight is 246 g/mol. The maximum absolute atomic E-state index is 13.1. The Labute approximate surface area is 105 Å². The summed E-state index contributed by atoms with van der Waals surface area (Å²) < 4.78 is 13.1. The van der Waals surface area contributed by atoms with E-state index in [1.165, 1.54) is 12.3 Å². The molecular formula is C14H15FN2O. The molecule has 0 saturated carbocycles. The monoisotopic (exact) mass is 246 g/mol. The smallest absolute Gasteiger partial charge is 0.255 e. The van der Waals surface area contributed by atoms with Crippen LogP contribution in [0.2, 0.25) is 0 Å². The number of halogens is 1. The summed E-state index contributed by atoms with van der Waals surface area (Å²) in [4.78, 5) is 17.8. The zero-order valence-electron chi connectivity index (χ0n) is 10.1. The van der Waals surface area contributed by atoms with Crippen LogP contribution in [-0.2, 0) is 0 Å². The number of amides is 1. The molecule has 4 heteroatoms. The highest BCUT2D eigenvalue weighted by Crippen LogP contribution is 2.33. The minimum absolute atomic E-state index is 0.101. The van der Waals surface area contributed by atoms with Crippen LogP contribution in [0.1, 0.15) is 23.2 Å². The normalized spacial score (nSPS) is 26.2. The van der Waals surface area contributed by atoms with Gasteiger partial charge in [-0.2, -0.15) is 0 Å². The first-order valence-corrected chi connectivity index (χ1v) is 6.29. The summed E-state index contributed by atoms with van der Waals surface area (Å²) >= 11 is 0. The quantitative estimate of drug-likeness (QED) is 0.712. The number of likely N-dealkylation sites (tertiary alicyclic amines) is 1. The summed E-state index contributed by atoms with van der Waals surface area (Å²) in [6, 6.07) is 1.26. The highest BCUT2D eigenvalue weighted by Gasteiger charge is 2.35. The molecule has 0 radical (unpaired) electrons. The Morgan fingerprint density at radius 2 is 1.89 bits per heavy atom. The third kappa shape index (κ3) is 2.03. The maximum atomic E-state index is 13.1. The number of pyridine rings is 1. The second kappa shape index (κ2) is 4.52. The van der Waals surface area contributed by atoms with Crippen molar-refractivity contribution in [1.29, 1.82) is 0 Å². The lowest BCUT2D eigenvalue weighted by atomic mass is 9.86. The van der Waals surface area contributed by atoms with Gasteiger partial charge < -0.3 is 4.90 Å². The van der Waals surface area contributed by atoms with E-state index in [2.05, 4.69) is 17.1 Å². The predicted molar refractivity (Wildman–Crippen MR) is 65.5 cm³/mol. The van der Waals surface area contributed by atoms with Gasteiger partial charge in [0, 0.05) is 19.3 Å². The topological polar surface area (TPSA) is 33.2 Å². The SMILES string of the molecule is O=C(c1cncc(F)c1)N1C[C@H]2CC=CC[C@@H]2C1. The van der Waals surface area contributed by atoms with Crippen molar-refractivity contribution in [2.24, 2.45) is 11.8 Å². The van der Waals surface area contributed by atoms with Crippen molar-refractivity contribution in [1.82, 2.24) is 9.88 Å². The molecule has 2 heterocycles. The first-order chi connectivity index (χ1) is 8.74. The first-order valence-electron chi connectivity index (χ1n) is 6.29. The van der Waals surface area contributed by atoms with Crippen molar-refractivity contribution in [2.75, 3.05) is 13.1 Å². The van der Waals surface area contributed by atoms with Gasteiger partial charge in [-0.3, -0.25) is 9.78 Å². The summed E-state index contributed by atoms with van der Waals surface area (Å²) in [7, 11) is 0. The summed E-state index contributed by atoms with van der Waals surface area (Å²) in [6.45, 7) is 1.56. The summed E-state index contributed by atoms with van der Waals surface area (Å²) in [5, 5.41) is 0. The fourth-order valence-corrected chi connectivity index (χ4v) is 2.89. The van der Waals surface area contributed by atoms with Crippen molar-refractivity contribution < 1.29 is 9.18 Å². The maximum Gasteiger partial charge on any atom is 0.255 e. The van der Waals surface area contributed by atoms with Crippen molar-refractivity contribution in [3.63, 3.8) is 0 Å². The van der Waals surface area contributed by atoms with Crippen LogP contribution in [-0.4, -0.2) is 28.9 Å². The number of carbonyl (C=O) groups excluding carboxylic acids is 1. The van der Waals surface area contributed by atoms with Gasteiger partial charge >= 0.3 is 0 Å². The molecule has 1 aromatic heterocycles. The van der Waals surface area contributed by atoms with Gasteiger partial charge in [0.25, 0.3) is 5.91 Å². The minimum Gasteiger partial charge on any atom is -0.338 e. The van der Waals surface area contributed by atoms with Crippen molar-refractivity contribution in [3.05, 3.63) is 42.0 Å². The zero-order valence-corrected chi connectivity index (χ0v) is 10.1. The van der Waals surface area contributed by atoms with Crippen LogP contribution in [0.4, 0.5) is 4.39 Å². The third-order valence-electron chi connectivity index (χ3n) is 3.86. The molecule has 1 aliphatic heterocycles. The summed E-state index contributed by atoms with van der Waals surface area (Å²) in [5.41, 5.74) is 0.349. The van der Waals surface area contributed by atoms with Crippen LogP contribution < -0.4 is 0 Å². The second-order valence-corrected chi connectivity index (χ2v) is 5.06. The van der Waals surface area contributed by atoms with Gasteiger partial charge in [0.05, 0.1) is 11.8 Å². The first kappa shape index (κ1) is 11.4. The Morgan fingerprint density at radius 3 is 2.50 bits per heavy atom. The molecule has 94 valence electrons. The van der Waals surface area contributed by atoms with Crippen molar-refractivity contribution >= 4 is 5.91 Å². The van der Waals surface area contributed by atoms with Gasteiger partial charge in [-0.1, -0.05) is 12.2 Å². The van der Waals surface area contributed by atoms with E-state index in [-0.39, 0.29) is 5.91 Å². The lowest BCUT2D eigenvalue weighted by Crippen LogP contribution is -2.29. The Hall–Kier alpha value is -1.71. The number of hydrogen-bond donors (Lipinski definition) is 0. The molecular weight excluding hydrogens is 231 g/mol. The molecule has 0 unspecified atom stereocenters. The van der Waals surface area contributed by atoms with E-state index in [0.29, 0.717) is 17.4 Å². The Kier molecular flexibility index (Phi) is 2.86.